The highest BCUT2D eigenvalue weighted by atomic mass is 16.5. The first kappa shape index (κ1) is 13.1. The Bertz CT molecular complexity index is 503. The van der Waals surface area contributed by atoms with Gasteiger partial charge in [0.1, 0.15) is 6.04 Å². The molecule has 3 rings (SSSR count). The van der Waals surface area contributed by atoms with E-state index >= 15 is 0 Å². The second-order valence-corrected chi connectivity index (χ2v) is 5.33. The minimum absolute atomic E-state index is 0.0878. The zero-order valence-corrected chi connectivity index (χ0v) is 11.2. The molecule has 2 heterocycles. The summed E-state index contributed by atoms with van der Waals surface area (Å²) in [6.45, 7) is 1.54. The SMILES string of the molecule is O=C(CN1CC[C@@H]2CCOC(=O)[C@H]21)Nc1ccccc1. The summed E-state index contributed by atoms with van der Waals surface area (Å²) >= 11 is 0. The highest BCUT2D eigenvalue weighted by molar-refractivity contribution is 5.92. The van der Waals surface area contributed by atoms with Gasteiger partial charge in [0.15, 0.2) is 0 Å². The Morgan fingerprint density at radius 1 is 1.30 bits per heavy atom. The third-order valence-electron chi connectivity index (χ3n) is 4.01. The molecule has 2 atom stereocenters. The van der Waals surface area contributed by atoms with Gasteiger partial charge in [-0.2, -0.15) is 0 Å². The number of fused-ring (bicyclic) bond motifs is 1. The molecule has 106 valence electrons. The van der Waals surface area contributed by atoms with Crippen LogP contribution in [0.25, 0.3) is 0 Å². The number of likely N-dealkylation sites (tertiary alicyclic amines) is 1. The van der Waals surface area contributed by atoms with Gasteiger partial charge in [0.25, 0.3) is 0 Å². The standard InChI is InChI=1S/C15H18N2O3/c18-13(16-12-4-2-1-3-5-12)10-17-8-6-11-7-9-20-15(19)14(11)17/h1-5,11,14H,6-10H2,(H,16,18)/t11-,14+/m1/s1. The fraction of sp³-hybridized carbons (Fsp3) is 0.467. The number of nitrogens with zero attached hydrogens (tertiary/aromatic N) is 1. The number of nitrogens with one attached hydrogen (secondary N) is 1. The maximum absolute atomic E-state index is 12.0. The van der Waals surface area contributed by atoms with Crippen LogP contribution in [0.1, 0.15) is 12.8 Å². The van der Waals surface area contributed by atoms with Gasteiger partial charge >= 0.3 is 5.97 Å². The molecule has 2 aliphatic rings. The number of rotatable bonds is 3. The van der Waals surface area contributed by atoms with Gasteiger partial charge in [0, 0.05) is 5.69 Å². The fourth-order valence-corrected chi connectivity index (χ4v) is 3.05. The summed E-state index contributed by atoms with van der Waals surface area (Å²) in [7, 11) is 0. The van der Waals surface area contributed by atoms with E-state index in [0.29, 0.717) is 12.5 Å². The number of hydrogen-bond acceptors (Lipinski definition) is 4. The van der Waals surface area contributed by atoms with Crippen LogP contribution in [0, 0.1) is 5.92 Å². The molecular formula is C15H18N2O3. The van der Waals surface area contributed by atoms with Crippen molar-refractivity contribution in [3.8, 4) is 0 Å². The number of anilines is 1. The molecule has 2 saturated heterocycles. The van der Waals surface area contributed by atoms with Gasteiger partial charge in [0.2, 0.25) is 5.91 Å². The molecule has 1 aromatic carbocycles. The summed E-state index contributed by atoms with van der Waals surface area (Å²) in [5, 5.41) is 2.85. The normalized spacial score (nSPS) is 25.9. The summed E-state index contributed by atoms with van der Waals surface area (Å²) in [5.41, 5.74) is 0.777. The van der Waals surface area contributed by atoms with E-state index in [-0.39, 0.29) is 24.5 Å². The van der Waals surface area contributed by atoms with Gasteiger partial charge in [-0.25, -0.2) is 0 Å². The average molecular weight is 274 g/mol. The van der Waals surface area contributed by atoms with Crippen LogP contribution in [0.2, 0.25) is 0 Å². The van der Waals surface area contributed by atoms with Crippen LogP contribution in [0.3, 0.4) is 0 Å². The van der Waals surface area contributed by atoms with Crippen LogP contribution >= 0.6 is 0 Å². The molecule has 5 heteroatoms. The van der Waals surface area contributed by atoms with Crippen LogP contribution in [0.15, 0.2) is 30.3 Å². The topological polar surface area (TPSA) is 58.6 Å². The summed E-state index contributed by atoms with van der Waals surface area (Å²) < 4.78 is 5.11. The van der Waals surface area contributed by atoms with Crippen molar-refractivity contribution in [3.63, 3.8) is 0 Å². The summed E-state index contributed by atoms with van der Waals surface area (Å²) in [4.78, 5) is 25.8. The smallest absolute Gasteiger partial charge is 0.323 e. The Balaban J connectivity index is 1.60. The molecule has 0 spiro atoms. The molecular weight excluding hydrogens is 256 g/mol. The van der Waals surface area contributed by atoms with Crippen molar-refractivity contribution in [1.29, 1.82) is 0 Å². The third-order valence-corrected chi connectivity index (χ3v) is 4.01. The number of benzene rings is 1. The average Bonchev–Trinajstić information content (AvgIpc) is 2.84. The largest absolute Gasteiger partial charge is 0.465 e. The summed E-state index contributed by atoms with van der Waals surface area (Å²) in [6, 6.07) is 9.11. The number of esters is 1. The number of carbonyl (C=O) groups excluding carboxylic acids is 2. The lowest BCUT2D eigenvalue weighted by molar-refractivity contribution is -0.155. The number of carbonyl (C=O) groups is 2. The molecule has 1 N–H and O–H groups in total. The Morgan fingerprint density at radius 2 is 2.10 bits per heavy atom. The van der Waals surface area contributed by atoms with Crippen LogP contribution in [0.5, 0.6) is 0 Å². The maximum Gasteiger partial charge on any atom is 0.323 e. The second-order valence-electron chi connectivity index (χ2n) is 5.33. The van der Waals surface area contributed by atoms with E-state index in [1.165, 1.54) is 0 Å². The van der Waals surface area contributed by atoms with Crippen molar-refractivity contribution in [1.82, 2.24) is 4.90 Å². The predicted molar refractivity (Wildman–Crippen MR) is 74.1 cm³/mol. The molecule has 0 saturated carbocycles. The Morgan fingerprint density at radius 3 is 2.90 bits per heavy atom. The van der Waals surface area contributed by atoms with Gasteiger partial charge in [-0.1, -0.05) is 18.2 Å². The number of amides is 1. The van der Waals surface area contributed by atoms with Gasteiger partial charge in [0.05, 0.1) is 13.2 Å². The third kappa shape index (κ3) is 2.67. The molecule has 0 radical (unpaired) electrons. The van der Waals surface area contributed by atoms with Crippen molar-refractivity contribution in [2.75, 3.05) is 25.0 Å². The molecule has 0 unspecified atom stereocenters. The lowest BCUT2D eigenvalue weighted by atomic mass is 9.95. The molecule has 0 bridgehead atoms. The first-order valence-corrected chi connectivity index (χ1v) is 6.99. The quantitative estimate of drug-likeness (QED) is 0.843. The maximum atomic E-state index is 12.0. The number of cyclic esters (lactones) is 1. The van der Waals surface area contributed by atoms with E-state index in [0.717, 1.165) is 25.1 Å². The minimum Gasteiger partial charge on any atom is -0.465 e. The molecule has 5 nitrogen and oxygen atoms in total. The highest BCUT2D eigenvalue weighted by Crippen LogP contribution is 2.31. The molecule has 20 heavy (non-hydrogen) atoms. The predicted octanol–water partition coefficient (Wildman–Crippen LogP) is 1.26. The lowest BCUT2D eigenvalue weighted by Gasteiger charge is -2.29. The van der Waals surface area contributed by atoms with E-state index in [1.807, 2.05) is 35.2 Å². The number of ether oxygens (including phenoxy) is 1. The Kier molecular flexibility index (Phi) is 3.69. The monoisotopic (exact) mass is 274 g/mol. The van der Waals surface area contributed by atoms with E-state index in [9.17, 15) is 9.59 Å². The number of para-hydroxylation sites is 1. The van der Waals surface area contributed by atoms with Crippen LogP contribution in [0.4, 0.5) is 5.69 Å². The fourth-order valence-electron chi connectivity index (χ4n) is 3.05. The molecule has 1 aromatic rings. The van der Waals surface area contributed by atoms with Gasteiger partial charge in [-0.05, 0) is 37.4 Å². The Hall–Kier alpha value is -1.88. The van der Waals surface area contributed by atoms with Crippen molar-refractivity contribution in [2.24, 2.45) is 5.92 Å². The molecule has 0 aliphatic carbocycles. The zero-order valence-electron chi connectivity index (χ0n) is 11.2. The van der Waals surface area contributed by atoms with E-state index in [1.54, 1.807) is 0 Å². The molecule has 1 amide bonds. The first-order chi connectivity index (χ1) is 9.74. The van der Waals surface area contributed by atoms with E-state index in [2.05, 4.69) is 5.32 Å². The van der Waals surface area contributed by atoms with Crippen molar-refractivity contribution < 1.29 is 14.3 Å². The first-order valence-electron chi connectivity index (χ1n) is 6.99. The minimum atomic E-state index is -0.231. The Labute approximate surface area is 117 Å². The molecule has 0 aromatic heterocycles. The van der Waals surface area contributed by atoms with Crippen molar-refractivity contribution in [2.45, 2.75) is 18.9 Å². The molecule has 2 aliphatic heterocycles. The number of hydrogen-bond donors (Lipinski definition) is 1. The van der Waals surface area contributed by atoms with Crippen molar-refractivity contribution >= 4 is 17.6 Å². The van der Waals surface area contributed by atoms with Gasteiger partial charge in [-0.15, -0.1) is 0 Å². The van der Waals surface area contributed by atoms with Crippen LogP contribution in [-0.2, 0) is 14.3 Å². The van der Waals surface area contributed by atoms with Gasteiger partial charge < -0.3 is 10.1 Å². The highest BCUT2D eigenvalue weighted by Gasteiger charge is 2.43. The van der Waals surface area contributed by atoms with Gasteiger partial charge in [-0.3, -0.25) is 14.5 Å². The summed E-state index contributed by atoms with van der Waals surface area (Å²) in [5.74, 6) is 0.0854. The van der Waals surface area contributed by atoms with E-state index < -0.39 is 0 Å². The summed E-state index contributed by atoms with van der Waals surface area (Å²) in [6.07, 6.45) is 1.88. The van der Waals surface area contributed by atoms with Crippen LogP contribution < -0.4 is 5.32 Å². The molecule has 2 fully saturated rings. The lowest BCUT2D eigenvalue weighted by Crippen LogP contribution is -2.46. The zero-order chi connectivity index (χ0) is 13.9. The second kappa shape index (κ2) is 5.63. The van der Waals surface area contributed by atoms with E-state index in [4.69, 9.17) is 4.74 Å². The van der Waals surface area contributed by atoms with Crippen LogP contribution in [-0.4, -0.2) is 42.5 Å². The van der Waals surface area contributed by atoms with Crippen molar-refractivity contribution in [3.05, 3.63) is 30.3 Å².